The molecule has 1 aromatic heterocycles. The van der Waals surface area contributed by atoms with E-state index < -0.39 is 0 Å². The maximum absolute atomic E-state index is 12.6. The fourth-order valence-corrected chi connectivity index (χ4v) is 2.38. The van der Waals surface area contributed by atoms with E-state index in [4.69, 9.17) is 4.42 Å². The normalized spacial score (nSPS) is 10.8. The van der Waals surface area contributed by atoms with Crippen LogP contribution >= 0.6 is 0 Å². The number of aryl methyl sites for hydroxylation is 2. The summed E-state index contributed by atoms with van der Waals surface area (Å²) in [6, 6.07) is 13.6. The van der Waals surface area contributed by atoms with Gasteiger partial charge in [-0.25, -0.2) is 0 Å². The van der Waals surface area contributed by atoms with Gasteiger partial charge in [0.15, 0.2) is 5.76 Å². The summed E-state index contributed by atoms with van der Waals surface area (Å²) in [5, 5.41) is 2.08. The van der Waals surface area contributed by atoms with Gasteiger partial charge in [0.1, 0.15) is 0 Å². The highest BCUT2D eigenvalue weighted by Gasteiger charge is 2.17. The first-order chi connectivity index (χ1) is 9.18. The first kappa shape index (κ1) is 11.7. The SMILES string of the molecule is Cc1ccoc1C(=O)c1ccc(C)c2ccccc12. The Morgan fingerprint density at radius 2 is 1.63 bits per heavy atom. The number of benzene rings is 2. The number of rotatable bonds is 2. The zero-order valence-corrected chi connectivity index (χ0v) is 10.9. The summed E-state index contributed by atoms with van der Waals surface area (Å²) in [5.74, 6) is 0.368. The molecule has 0 aliphatic rings. The van der Waals surface area contributed by atoms with Crippen LogP contribution in [0.4, 0.5) is 0 Å². The standard InChI is InChI=1S/C17H14O2/c1-11-7-8-15(14-6-4-3-5-13(11)14)16(18)17-12(2)9-10-19-17/h3-10H,1-2H3. The van der Waals surface area contributed by atoms with Crippen molar-refractivity contribution >= 4 is 16.6 Å². The lowest BCUT2D eigenvalue weighted by Gasteiger charge is -2.07. The lowest BCUT2D eigenvalue weighted by Crippen LogP contribution is -2.02. The average Bonchev–Trinajstić information content (AvgIpc) is 2.85. The number of carbonyl (C=O) groups is 1. The highest BCUT2D eigenvalue weighted by atomic mass is 16.3. The Kier molecular flexibility index (Phi) is 2.71. The van der Waals surface area contributed by atoms with Crippen LogP contribution in [0.1, 0.15) is 27.2 Å². The van der Waals surface area contributed by atoms with Gasteiger partial charge in [0.25, 0.3) is 0 Å². The summed E-state index contributed by atoms with van der Waals surface area (Å²) in [6.07, 6.45) is 1.55. The van der Waals surface area contributed by atoms with Crippen LogP contribution < -0.4 is 0 Å². The predicted octanol–water partition coefficient (Wildman–Crippen LogP) is 4.28. The van der Waals surface area contributed by atoms with Crippen molar-refractivity contribution in [3.05, 3.63) is 71.2 Å². The van der Waals surface area contributed by atoms with Gasteiger partial charge >= 0.3 is 0 Å². The van der Waals surface area contributed by atoms with Crippen molar-refractivity contribution in [3.63, 3.8) is 0 Å². The molecule has 3 rings (SSSR count). The van der Waals surface area contributed by atoms with Gasteiger partial charge in [-0.1, -0.05) is 36.4 Å². The molecule has 0 radical (unpaired) electrons. The van der Waals surface area contributed by atoms with E-state index in [-0.39, 0.29) is 5.78 Å². The molecule has 0 bridgehead atoms. The predicted molar refractivity (Wildman–Crippen MR) is 75.6 cm³/mol. The van der Waals surface area contributed by atoms with Crippen molar-refractivity contribution in [2.45, 2.75) is 13.8 Å². The van der Waals surface area contributed by atoms with E-state index in [1.165, 1.54) is 5.56 Å². The lowest BCUT2D eigenvalue weighted by atomic mass is 9.96. The third-order valence-corrected chi connectivity index (χ3v) is 3.46. The maximum Gasteiger partial charge on any atom is 0.229 e. The van der Waals surface area contributed by atoms with E-state index >= 15 is 0 Å². The topological polar surface area (TPSA) is 30.2 Å². The number of furan rings is 1. The molecular formula is C17H14O2. The molecule has 0 saturated carbocycles. The van der Waals surface area contributed by atoms with Crippen molar-refractivity contribution < 1.29 is 9.21 Å². The van der Waals surface area contributed by atoms with Gasteiger partial charge in [-0.3, -0.25) is 4.79 Å². The van der Waals surface area contributed by atoms with Gasteiger partial charge < -0.3 is 4.42 Å². The summed E-state index contributed by atoms with van der Waals surface area (Å²) in [5.41, 5.74) is 2.73. The highest BCUT2D eigenvalue weighted by molar-refractivity contribution is 6.16. The summed E-state index contributed by atoms with van der Waals surface area (Å²) < 4.78 is 5.31. The van der Waals surface area contributed by atoms with Crippen LogP contribution in [0.3, 0.4) is 0 Å². The Hall–Kier alpha value is -2.35. The van der Waals surface area contributed by atoms with Crippen LogP contribution in [0.15, 0.2) is 53.1 Å². The Morgan fingerprint density at radius 3 is 2.32 bits per heavy atom. The molecule has 0 spiro atoms. The van der Waals surface area contributed by atoms with E-state index in [0.29, 0.717) is 11.3 Å². The van der Waals surface area contributed by atoms with Gasteiger partial charge in [0.05, 0.1) is 6.26 Å². The van der Waals surface area contributed by atoms with Gasteiger partial charge in [-0.2, -0.15) is 0 Å². The number of carbonyl (C=O) groups excluding carboxylic acids is 1. The molecule has 0 fully saturated rings. The molecule has 2 heteroatoms. The smallest absolute Gasteiger partial charge is 0.229 e. The second kappa shape index (κ2) is 4.39. The molecule has 2 aromatic carbocycles. The van der Waals surface area contributed by atoms with Crippen molar-refractivity contribution in [2.24, 2.45) is 0 Å². The molecule has 0 saturated heterocycles. The van der Waals surface area contributed by atoms with Crippen molar-refractivity contribution in [3.8, 4) is 0 Å². The molecule has 2 nitrogen and oxygen atoms in total. The van der Waals surface area contributed by atoms with Crippen LogP contribution in [0.2, 0.25) is 0 Å². The summed E-state index contributed by atoms with van der Waals surface area (Å²) in [6.45, 7) is 3.93. The zero-order chi connectivity index (χ0) is 13.4. The summed E-state index contributed by atoms with van der Waals surface area (Å²) in [4.78, 5) is 12.6. The number of fused-ring (bicyclic) bond motifs is 1. The fraction of sp³-hybridized carbons (Fsp3) is 0.118. The molecule has 1 heterocycles. The largest absolute Gasteiger partial charge is 0.461 e. The monoisotopic (exact) mass is 250 g/mol. The number of ketones is 1. The van der Waals surface area contributed by atoms with E-state index in [2.05, 4.69) is 6.92 Å². The Bertz CT molecular complexity index is 766. The molecule has 0 aliphatic heterocycles. The van der Waals surface area contributed by atoms with Crippen molar-refractivity contribution in [2.75, 3.05) is 0 Å². The fourth-order valence-electron chi connectivity index (χ4n) is 2.38. The molecule has 0 unspecified atom stereocenters. The number of hydrogen-bond acceptors (Lipinski definition) is 2. The quantitative estimate of drug-likeness (QED) is 0.635. The van der Waals surface area contributed by atoms with Gasteiger partial charge in [0, 0.05) is 5.56 Å². The third kappa shape index (κ3) is 1.85. The Morgan fingerprint density at radius 1 is 0.895 bits per heavy atom. The second-order valence-electron chi connectivity index (χ2n) is 4.74. The first-order valence-corrected chi connectivity index (χ1v) is 6.25. The molecule has 0 aliphatic carbocycles. The minimum Gasteiger partial charge on any atom is -0.461 e. The maximum atomic E-state index is 12.6. The van der Waals surface area contributed by atoms with Gasteiger partial charge in [-0.05, 0) is 41.8 Å². The van der Waals surface area contributed by atoms with E-state index in [9.17, 15) is 4.79 Å². The molecule has 0 N–H and O–H groups in total. The molecule has 0 amide bonds. The Balaban J connectivity index is 2.24. The van der Waals surface area contributed by atoms with Crippen molar-refractivity contribution in [1.29, 1.82) is 0 Å². The molecule has 94 valence electrons. The second-order valence-corrected chi connectivity index (χ2v) is 4.74. The molecule has 19 heavy (non-hydrogen) atoms. The molecule has 3 aromatic rings. The van der Waals surface area contributed by atoms with Gasteiger partial charge in [-0.15, -0.1) is 0 Å². The van der Waals surface area contributed by atoms with Crippen LogP contribution in [0.25, 0.3) is 10.8 Å². The Labute approximate surface area is 111 Å². The van der Waals surface area contributed by atoms with Crippen LogP contribution in [0.5, 0.6) is 0 Å². The highest BCUT2D eigenvalue weighted by Crippen LogP contribution is 2.25. The minimum absolute atomic E-state index is 0.0568. The van der Waals surface area contributed by atoms with Crippen LogP contribution in [-0.4, -0.2) is 5.78 Å². The van der Waals surface area contributed by atoms with Crippen LogP contribution in [0, 0.1) is 13.8 Å². The zero-order valence-electron chi connectivity index (χ0n) is 10.9. The van der Waals surface area contributed by atoms with Gasteiger partial charge in [0.2, 0.25) is 5.78 Å². The van der Waals surface area contributed by atoms with Crippen molar-refractivity contribution in [1.82, 2.24) is 0 Å². The molecular weight excluding hydrogens is 236 g/mol. The van der Waals surface area contributed by atoms with E-state index in [1.54, 1.807) is 6.26 Å². The minimum atomic E-state index is -0.0568. The van der Waals surface area contributed by atoms with Crippen LogP contribution in [-0.2, 0) is 0 Å². The molecule has 0 atom stereocenters. The van der Waals surface area contributed by atoms with E-state index in [1.807, 2.05) is 49.4 Å². The lowest BCUT2D eigenvalue weighted by molar-refractivity contribution is 0.101. The third-order valence-electron chi connectivity index (χ3n) is 3.46. The number of hydrogen-bond donors (Lipinski definition) is 0. The summed E-state index contributed by atoms with van der Waals surface area (Å²) >= 11 is 0. The average molecular weight is 250 g/mol. The first-order valence-electron chi connectivity index (χ1n) is 6.25. The summed E-state index contributed by atoms with van der Waals surface area (Å²) in [7, 11) is 0. The van der Waals surface area contributed by atoms with E-state index in [0.717, 1.165) is 16.3 Å².